The maximum absolute atomic E-state index is 14.7. The molecule has 2 aromatic carbocycles. The standard InChI is InChI=1S/C72H111N9O17S/c1-16-48(8)67(79(13)71(90)56(45(2)3)43-60(84)66(47(6)7)78(11)12)61(94-14)44-64(87)80-34-21-25-57(80)68(95-15)50(10)58(82)42-53(40-51-22-18-17-19-23-51)70(89)77-99(92,93)55-29-27-54(28-30-55)75-69(88)52(24-20-33-74-72(73)91)41-59(83)65(46(4)5)76-62(85)32-35-96-36-37-97-38-39-98-81-49(9)26-31-63(81)86/h17-19,22-23,26-31,45-48,50,52-53,56-57,61,65-68H,9,16,20-21,24-25,32-44H2,1-8,10-15H3,(H,75,88)(H,76,85)(H,77,89)(H3,73,74,91)/t48-,50-,52+,53+,56-,57-,61+,65-,66-,67-,68+/m0/s1. The van der Waals surface area contributed by atoms with Crippen molar-refractivity contribution in [1.82, 2.24) is 35.1 Å². The van der Waals surface area contributed by atoms with Crippen molar-refractivity contribution in [3.05, 3.63) is 84.6 Å². The predicted molar refractivity (Wildman–Crippen MR) is 374 cm³/mol. The van der Waals surface area contributed by atoms with E-state index in [1.54, 1.807) is 68.0 Å². The van der Waals surface area contributed by atoms with E-state index >= 15 is 0 Å². The molecule has 11 atom stereocenters. The molecule has 26 nitrogen and oxygen atoms in total. The third-order valence-electron chi connectivity index (χ3n) is 18.6. The van der Waals surface area contributed by atoms with Crippen LogP contribution in [0, 0.1) is 47.3 Å². The number of nitrogens with two attached hydrogens (primary N) is 1. The van der Waals surface area contributed by atoms with Crippen LogP contribution in [0.4, 0.5) is 10.5 Å². The fourth-order valence-electron chi connectivity index (χ4n) is 13.0. The number of likely N-dealkylation sites (N-methyl/N-ethyl adjacent to an activating group) is 2. The number of allylic oxidation sites excluding steroid dienone is 1. The maximum Gasteiger partial charge on any atom is 0.312 e. The van der Waals surface area contributed by atoms with Gasteiger partial charge in [-0.1, -0.05) is 106 Å². The molecule has 0 spiro atoms. The summed E-state index contributed by atoms with van der Waals surface area (Å²) in [6, 6.07) is 10.6. The van der Waals surface area contributed by atoms with Gasteiger partial charge in [0.2, 0.25) is 29.5 Å². The van der Waals surface area contributed by atoms with E-state index in [1.165, 1.54) is 50.6 Å². The minimum Gasteiger partial charge on any atom is -0.379 e. The first-order chi connectivity index (χ1) is 46.8. The number of amides is 8. The first kappa shape index (κ1) is 84.1. The molecule has 8 amide bonds. The van der Waals surface area contributed by atoms with Crippen molar-refractivity contribution < 1.29 is 80.1 Å². The Kier molecular flexibility index (Phi) is 35.2. The molecule has 0 aliphatic carbocycles. The molecule has 99 heavy (non-hydrogen) atoms. The van der Waals surface area contributed by atoms with E-state index < -0.39 is 99.3 Å². The number of Topliss-reactive ketones (excluding diaryl/α,β-unsaturated/α-hetero) is 3. The van der Waals surface area contributed by atoms with Crippen LogP contribution >= 0.6 is 0 Å². The molecule has 27 heteroatoms. The summed E-state index contributed by atoms with van der Waals surface area (Å²) in [7, 11) is 3.81. The van der Waals surface area contributed by atoms with Gasteiger partial charge in [-0.15, -0.1) is 0 Å². The number of ketones is 3. The predicted octanol–water partition coefficient (Wildman–Crippen LogP) is 6.42. The number of primary amides is 1. The maximum atomic E-state index is 14.7. The van der Waals surface area contributed by atoms with Crippen LogP contribution in [0.1, 0.15) is 132 Å². The number of carbonyl (C=O) groups excluding carboxylic acids is 10. The fraction of sp³-hybridized carbons (Fsp3) is 0.639. The zero-order valence-corrected chi connectivity index (χ0v) is 61.4. The number of sulfonamides is 1. The lowest BCUT2D eigenvalue weighted by atomic mass is 9.83. The summed E-state index contributed by atoms with van der Waals surface area (Å²) in [5, 5.41) is 9.03. The third-order valence-corrected chi connectivity index (χ3v) is 19.9. The minimum absolute atomic E-state index is 0.00914. The van der Waals surface area contributed by atoms with Crippen LogP contribution in [0.25, 0.3) is 0 Å². The fourth-order valence-corrected chi connectivity index (χ4v) is 14.1. The SMILES string of the molecule is C=C1C=CC(=O)N1OCCOCCOCCC(=O)N[C@H](C(=O)C[C@@H](CCCNC(N)=O)C(=O)Nc1ccc(S(=O)(=O)NC(=O)[C@@H](CC(=O)[C@H](C)[C@@H](OC)[C@@H]2CCCN2C(=O)C[C@@H](OC)[C@H]([C@@H](C)CC)N(C)C(=O)[C@@H](CC(=O)[C@H](C(C)C)N(C)C)C(C)C)Cc2ccccc2)cc1)C(C)C. The second kappa shape index (κ2) is 41.5. The van der Waals surface area contributed by atoms with Crippen molar-refractivity contribution in [2.24, 2.45) is 53.1 Å². The van der Waals surface area contributed by atoms with E-state index in [2.05, 4.69) is 27.3 Å². The van der Waals surface area contributed by atoms with E-state index in [1.807, 2.05) is 60.5 Å². The Hall–Kier alpha value is -7.27. The van der Waals surface area contributed by atoms with Crippen LogP contribution in [0.5, 0.6) is 0 Å². The molecule has 0 bridgehead atoms. The molecule has 552 valence electrons. The average Bonchev–Trinajstić information content (AvgIpc) is 1.78. The number of carbonyl (C=O) groups is 10. The first-order valence-electron chi connectivity index (χ1n) is 34.5. The molecular formula is C72H111N9O17S. The topological polar surface area (TPSA) is 338 Å². The zero-order valence-electron chi connectivity index (χ0n) is 60.6. The lowest BCUT2D eigenvalue weighted by Crippen LogP contribution is -2.54. The number of urea groups is 1. The van der Waals surface area contributed by atoms with E-state index in [-0.39, 0.29) is 155 Å². The van der Waals surface area contributed by atoms with Gasteiger partial charge in [-0.25, -0.2) is 17.9 Å². The van der Waals surface area contributed by atoms with Gasteiger partial charge in [-0.3, -0.25) is 52.9 Å². The van der Waals surface area contributed by atoms with Crippen molar-refractivity contribution in [3.8, 4) is 0 Å². The molecule has 4 rings (SSSR count). The molecule has 0 unspecified atom stereocenters. The van der Waals surface area contributed by atoms with E-state index in [9.17, 15) is 56.4 Å². The number of benzene rings is 2. The summed E-state index contributed by atoms with van der Waals surface area (Å²) in [6.45, 7) is 21.8. The van der Waals surface area contributed by atoms with Gasteiger partial charge in [-0.05, 0) is 106 Å². The third kappa shape index (κ3) is 26.0. The Balaban J connectivity index is 1.43. The number of nitrogens with zero attached hydrogens (tertiary/aromatic N) is 4. The normalized spacial score (nSPS) is 17.2. The molecule has 0 aromatic heterocycles. The van der Waals surface area contributed by atoms with Crippen LogP contribution in [-0.2, 0) is 83.4 Å². The Morgan fingerprint density at radius 2 is 1.37 bits per heavy atom. The molecule has 6 N–H and O–H groups in total. The van der Waals surface area contributed by atoms with Crippen molar-refractivity contribution in [2.75, 3.05) is 86.8 Å². The van der Waals surface area contributed by atoms with Crippen molar-refractivity contribution in [2.45, 2.75) is 174 Å². The van der Waals surface area contributed by atoms with Crippen LogP contribution in [0.15, 0.2) is 83.9 Å². The molecule has 2 aliphatic rings. The highest BCUT2D eigenvalue weighted by atomic mass is 32.2. The average molecular weight is 1410 g/mol. The summed E-state index contributed by atoms with van der Waals surface area (Å²) < 4.78 is 53.5. The highest BCUT2D eigenvalue weighted by Gasteiger charge is 2.44. The van der Waals surface area contributed by atoms with Crippen molar-refractivity contribution in [3.63, 3.8) is 0 Å². The monoisotopic (exact) mass is 1410 g/mol. The lowest BCUT2D eigenvalue weighted by Gasteiger charge is -2.41. The zero-order chi connectivity index (χ0) is 73.8. The number of hydrogen-bond acceptors (Lipinski definition) is 18. The lowest BCUT2D eigenvalue weighted by molar-refractivity contribution is -0.170. The Bertz CT molecular complexity index is 3140. The number of methoxy groups -OCH3 is 2. The summed E-state index contributed by atoms with van der Waals surface area (Å²) in [5.41, 5.74) is 6.49. The Morgan fingerprint density at radius 1 is 0.737 bits per heavy atom. The molecule has 0 saturated carbocycles. The molecular weight excluding hydrogens is 1290 g/mol. The number of rotatable bonds is 46. The molecule has 2 aliphatic heterocycles. The molecule has 2 aromatic rings. The van der Waals surface area contributed by atoms with Gasteiger partial charge in [0.15, 0.2) is 11.6 Å². The van der Waals surface area contributed by atoms with Crippen molar-refractivity contribution >= 4 is 74.5 Å². The van der Waals surface area contributed by atoms with E-state index in [0.717, 1.165) is 5.06 Å². The van der Waals surface area contributed by atoms with Crippen LogP contribution in [0.3, 0.4) is 0 Å². The quantitative estimate of drug-likeness (QED) is 0.0447. The number of nitrogens with one attached hydrogen (secondary N) is 4. The van der Waals surface area contributed by atoms with Gasteiger partial charge in [0, 0.05) is 95.5 Å². The van der Waals surface area contributed by atoms with Crippen LogP contribution < -0.4 is 26.4 Å². The number of ether oxygens (including phenoxy) is 4. The highest BCUT2D eigenvalue weighted by Crippen LogP contribution is 2.33. The summed E-state index contributed by atoms with van der Waals surface area (Å²) in [4.78, 5) is 146. The first-order valence-corrected chi connectivity index (χ1v) is 36.0. The summed E-state index contributed by atoms with van der Waals surface area (Å²) in [6.07, 6.45) is 2.64. The minimum atomic E-state index is -4.60. The van der Waals surface area contributed by atoms with E-state index in [4.69, 9.17) is 29.5 Å². The van der Waals surface area contributed by atoms with Gasteiger partial charge in [0.05, 0.1) is 86.4 Å². The van der Waals surface area contributed by atoms with Crippen LogP contribution in [-0.4, -0.2) is 205 Å². The van der Waals surface area contributed by atoms with Crippen molar-refractivity contribution in [1.29, 1.82) is 0 Å². The molecule has 1 fully saturated rings. The van der Waals surface area contributed by atoms with E-state index in [0.29, 0.717) is 37.1 Å². The number of anilines is 1. The van der Waals surface area contributed by atoms with Gasteiger partial charge in [-0.2, -0.15) is 5.06 Å². The smallest absolute Gasteiger partial charge is 0.312 e. The van der Waals surface area contributed by atoms with Gasteiger partial charge >= 0.3 is 6.03 Å². The largest absolute Gasteiger partial charge is 0.379 e. The number of hydroxylamine groups is 2. The van der Waals surface area contributed by atoms with Gasteiger partial charge in [0.1, 0.15) is 5.78 Å². The highest BCUT2D eigenvalue weighted by molar-refractivity contribution is 7.90. The van der Waals surface area contributed by atoms with Gasteiger partial charge < -0.3 is 50.4 Å². The summed E-state index contributed by atoms with van der Waals surface area (Å²) in [5.74, 6) is -7.90. The molecule has 0 radical (unpaired) electrons. The Morgan fingerprint density at radius 3 is 1.94 bits per heavy atom. The molecule has 2 heterocycles. The molecule has 1 saturated heterocycles. The second-order valence-corrected chi connectivity index (χ2v) is 28.8. The van der Waals surface area contributed by atoms with Gasteiger partial charge in [0.25, 0.3) is 15.9 Å². The second-order valence-electron chi connectivity index (χ2n) is 27.2. The number of hydrogen-bond donors (Lipinski definition) is 5. The number of likely N-dealkylation sites (tertiary alicyclic amines) is 1. The summed E-state index contributed by atoms with van der Waals surface area (Å²) >= 11 is 0. The van der Waals surface area contributed by atoms with Crippen LogP contribution in [0.2, 0.25) is 0 Å². The Labute approximate surface area is 585 Å².